The summed E-state index contributed by atoms with van der Waals surface area (Å²) >= 11 is 0. The Balaban J connectivity index is 1.70. The van der Waals surface area contributed by atoms with Crippen LogP contribution in [-0.2, 0) is 0 Å². The largest absolute Gasteiger partial charge is 0.444 e. The fourth-order valence-electron chi connectivity index (χ4n) is 3.48. The third-order valence-electron chi connectivity index (χ3n) is 4.66. The van der Waals surface area contributed by atoms with E-state index in [9.17, 15) is 0 Å². The van der Waals surface area contributed by atoms with Crippen LogP contribution in [0.15, 0.2) is 16.5 Å². The molecule has 0 radical (unpaired) electrons. The average Bonchev–Trinajstić information content (AvgIpc) is 3.00. The van der Waals surface area contributed by atoms with Crippen LogP contribution in [-0.4, -0.2) is 37.6 Å². The van der Waals surface area contributed by atoms with Gasteiger partial charge in [0.1, 0.15) is 5.76 Å². The van der Waals surface area contributed by atoms with Gasteiger partial charge in [0.25, 0.3) is 0 Å². The third-order valence-corrected chi connectivity index (χ3v) is 4.66. The predicted octanol–water partition coefficient (Wildman–Crippen LogP) is 2.76. The predicted molar refractivity (Wildman–Crippen MR) is 82.0 cm³/mol. The van der Waals surface area contributed by atoms with Crippen molar-refractivity contribution in [2.75, 3.05) is 37.6 Å². The smallest absolute Gasteiger partial charge is 0.195 e. The van der Waals surface area contributed by atoms with Gasteiger partial charge in [-0.25, -0.2) is 0 Å². The first-order valence-corrected chi connectivity index (χ1v) is 8.17. The third kappa shape index (κ3) is 3.01. The van der Waals surface area contributed by atoms with Crippen molar-refractivity contribution in [3.8, 4) is 0 Å². The van der Waals surface area contributed by atoms with Crippen molar-refractivity contribution in [1.29, 1.82) is 0 Å². The Morgan fingerprint density at radius 2 is 1.60 bits per heavy atom. The van der Waals surface area contributed by atoms with Crippen LogP contribution in [0.1, 0.15) is 50.3 Å². The molecule has 1 unspecified atom stereocenters. The molecule has 3 heterocycles. The maximum absolute atomic E-state index is 6.13. The standard InChI is InChI=1S/C16H27N3O/c17-13-14(18-9-3-1-4-10-18)15-7-8-16(20-15)19-11-5-2-6-12-19/h7-8,14H,1-6,9-13,17H2. The lowest BCUT2D eigenvalue weighted by Crippen LogP contribution is -2.37. The fraction of sp³-hybridized carbons (Fsp3) is 0.750. The second-order valence-corrected chi connectivity index (χ2v) is 6.07. The maximum atomic E-state index is 6.13. The van der Waals surface area contributed by atoms with E-state index in [1.807, 2.05) is 0 Å². The zero-order valence-electron chi connectivity index (χ0n) is 12.4. The highest BCUT2D eigenvalue weighted by Gasteiger charge is 2.24. The first-order valence-electron chi connectivity index (χ1n) is 8.17. The average molecular weight is 277 g/mol. The van der Waals surface area contributed by atoms with Crippen LogP contribution < -0.4 is 10.6 Å². The Bertz CT molecular complexity index is 406. The number of likely N-dealkylation sites (tertiary alicyclic amines) is 1. The molecular weight excluding hydrogens is 250 g/mol. The van der Waals surface area contributed by atoms with Crippen molar-refractivity contribution in [2.24, 2.45) is 5.73 Å². The van der Waals surface area contributed by atoms with Gasteiger partial charge in [-0.2, -0.15) is 0 Å². The Morgan fingerprint density at radius 3 is 2.25 bits per heavy atom. The molecule has 0 spiro atoms. The van der Waals surface area contributed by atoms with Crippen LogP contribution in [0.3, 0.4) is 0 Å². The molecule has 112 valence electrons. The van der Waals surface area contributed by atoms with Crippen molar-refractivity contribution < 1.29 is 4.42 Å². The molecule has 20 heavy (non-hydrogen) atoms. The Hall–Kier alpha value is -1.00. The number of nitrogens with zero attached hydrogens (tertiary/aromatic N) is 2. The van der Waals surface area contributed by atoms with E-state index in [1.165, 1.54) is 38.5 Å². The highest BCUT2D eigenvalue weighted by Crippen LogP contribution is 2.29. The number of furan rings is 1. The summed E-state index contributed by atoms with van der Waals surface area (Å²) in [6, 6.07) is 4.53. The minimum absolute atomic E-state index is 0.258. The summed E-state index contributed by atoms with van der Waals surface area (Å²) in [6.07, 6.45) is 7.84. The van der Waals surface area contributed by atoms with Crippen LogP contribution in [0.2, 0.25) is 0 Å². The first kappa shape index (κ1) is 14.0. The first-order chi connectivity index (χ1) is 9.88. The van der Waals surface area contributed by atoms with Crippen LogP contribution in [0.5, 0.6) is 0 Å². The molecule has 2 aliphatic rings. The Morgan fingerprint density at radius 1 is 0.950 bits per heavy atom. The molecule has 1 aromatic heterocycles. The quantitative estimate of drug-likeness (QED) is 0.919. The molecule has 4 nitrogen and oxygen atoms in total. The molecule has 2 saturated heterocycles. The minimum Gasteiger partial charge on any atom is -0.444 e. The molecule has 0 aliphatic carbocycles. The molecule has 0 bridgehead atoms. The Kier molecular flexibility index (Phi) is 4.63. The minimum atomic E-state index is 0.258. The lowest BCUT2D eigenvalue weighted by molar-refractivity contribution is 0.150. The number of nitrogens with two attached hydrogens (primary N) is 1. The molecule has 1 atom stereocenters. The van der Waals surface area contributed by atoms with Gasteiger partial charge in [-0.1, -0.05) is 6.42 Å². The van der Waals surface area contributed by atoms with E-state index >= 15 is 0 Å². The van der Waals surface area contributed by atoms with Gasteiger partial charge >= 0.3 is 0 Å². The number of piperidine rings is 2. The summed E-state index contributed by atoms with van der Waals surface area (Å²) in [5, 5.41) is 0. The molecule has 0 saturated carbocycles. The van der Waals surface area contributed by atoms with Gasteiger partial charge in [-0.15, -0.1) is 0 Å². The van der Waals surface area contributed by atoms with Gasteiger partial charge in [-0.3, -0.25) is 4.90 Å². The summed E-state index contributed by atoms with van der Waals surface area (Å²) in [7, 11) is 0. The van der Waals surface area contributed by atoms with Crippen molar-refractivity contribution in [3.05, 3.63) is 17.9 Å². The normalized spacial score (nSPS) is 22.9. The molecule has 2 fully saturated rings. The lowest BCUT2D eigenvalue weighted by atomic mass is 10.1. The molecule has 1 aromatic rings. The molecule has 4 heteroatoms. The molecular formula is C16H27N3O. The zero-order chi connectivity index (χ0) is 13.8. The summed E-state index contributed by atoms with van der Waals surface area (Å²) in [5.74, 6) is 2.09. The second kappa shape index (κ2) is 6.64. The van der Waals surface area contributed by atoms with Crippen molar-refractivity contribution >= 4 is 5.88 Å². The summed E-state index contributed by atoms with van der Waals surface area (Å²) in [4.78, 5) is 4.86. The van der Waals surface area contributed by atoms with Gasteiger partial charge in [-0.05, 0) is 51.3 Å². The topological polar surface area (TPSA) is 45.6 Å². The van der Waals surface area contributed by atoms with E-state index in [4.69, 9.17) is 10.2 Å². The zero-order valence-corrected chi connectivity index (χ0v) is 12.4. The second-order valence-electron chi connectivity index (χ2n) is 6.07. The highest BCUT2D eigenvalue weighted by molar-refractivity contribution is 5.37. The molecule has 2 N–H and O–H groups in total. The van der Waals surface area contributed by atoms with Crippen LogP contribution in [0.4, 0.5) is 5.88 Å². The summed E-state index contributed by atoms with van der Waals surface area (Å²) in [5.41, 5.74) is 6.01. The van der Waals surface area contributed by atoms with Crippen molar-refractivity contribution in [2.45, 2.75) is 44.6 Å². The SMILES string of the molecule is NCC(c1ccc(N2CCCCC2)o1)N1CCCCC1. The number of rotatable bonds is 4. The van der Waals surface area contributed by atoms with Crippen LogP contribution in [0.25, 0.3) is 0 Å². The van der Waals surface area contributed by atoms with Gasteiger partial charge < -0.3 is 15.1 Å². The fourth-order valence-corrected chi connectivity index (χ4v) is 3.48. The van der Waals surface area contributed by atoms with Crippen LogP contribution in [0, 0.1) is 0 Å². The van der Waals surface area contributed by atoms with Gasteiger partial charge in [0.2, 0.25) is 0 Å². The van der Waals surface area contributed by atoms with E-state index in [0.29, 0.717) is 6.54 Å². The van der Waals surface area contributed by atoms with Gasteiger partial charge in [0.05, 0.1) is 6.04 Å². The maximum Gasteiger partial charge on any atom is 0.195 e. The number of hydrogen-bond acceptors (Lipinski definition) is 4. The number of hydrogen-bond donors (Lipinski definition) is 1. The van der Waals surface area contributed by atoms with Crippen molar-refractivity contribution in [1.82, 2.24) is 4.90 Å². The molecule has 0 aromatic carbocycles. The molecule has 3 rings (SSSR count). The van der Waals surface area contributed by atoms with Crippen molar-refractivity contribution in [3.63, 3.8) is 0 Å². The van der Waals surface area contributed by atoms with E-state index < -0.39 is 0 Å². The van der Waals surface area contributed by atoms with Gasteiger partial charge in [0.15, 0.2) is 5.88 Å². The van der Waals surface area contributed by atoms with E-state index in [0.717, 1.165) is 37.8 Å². The summed E-state index contributed by atoms with van der Waals surface area (Å²) in [6.45, 7) is 5.21. The summed E-state index contributed by atoms with van der Waals surface area (Å²) < 4.78 is 6.13. The number of anilines is 1. The molecule has 2 aliphatic heterocycles. The van der Waals surface area contributed by atoms with E-state index in [1.54, 1.807) is 0 Å². The molecule has 0 amide bonds. The monoisotopic (exact) mass is 277 g/mol. The van der Waals surface area contributed by atoms with E-state index in [2.05, 4.69) is 21.9 Å². The highest BCUT2D eigenvalue weighted by atomic mass is 16.4. The van der Waals surface area contributed by atoms with Crippen LogP contribution >= 0.6 is 0 Å². The Labute approximate surface area is 121 Å². The lowest BCUT2D eigenvalue weighted by Gasteiger charge is -2.32. The van der Waals surface area contributed by atoms with Gasteiger partial charge in [0, 0.05) is 25.7 Å². The van der Waals surface area contributed by atoms with E-state index in [-0.39, 0.29) is 6.04 Å².